The number of hydrogen-bond acceptors (Lipinski definition) is 2. The first-order valence-electron chi connectivity index (χ1n) is 3.12. The minimum absolute atomic E-state index is 0.727. The monoisotopic (exact) mass is 158 g/mol. The molecule has 0 aliphatic rings. The Morgan fingerprint density at radius 2 is 2.30 bits per heavy atom. The highest BCUT2D eigenvalue weighted by Gasteiger charge is 2.02. The first-order chi connectivity index (χ1) is 4.61. The lowest BCUT2D eigenvalue weighted by Crippen LogP contribution is -1.94. The third-order valence-electron chi connectivity index (χ3n) is 1.47. The average molecular weight is 158 g/mol. The molecule has 4 heteroatoms. The molecule has 1 aromatic heterocycles. The second-order valence-electron chi connectivity index (χ2n) is 2.34. The highest BCUT2D eigenvalue weighted by molar-refractivity contribution is 7.52. The minimum atomic E-state index is -1.60. The van der Waals surface area contributed by atoms with Gasteiger partial charge in [0.15, 0.2) is 0 Å². The maximum atomic E-state index is 10.9. The van der Waals surface area contributed by atoms with Gasteiger partial charge in [0.2, 0.25) is 0 Å². The van der Waals surface area contributed by atoms with Crippen molar-refractivity contribution in [3.63, 3.8) is 0 Å². The number of rotatable bonds is 1. The largest absolute Gasteiger partial charge is 0.337 e. The summed E-state index contributed by atoms with van der Waals surface area (Å²) in [4.78, 5) is 4.11. The minimum Gasteiger partial charge on any atom is -0.337 e. The van der Waals surface area contributed by atoms with E-state index in [1.54, 1.807) is 6.66 Å². The smallest absolute Gasteiger partial charge is 0.120 e. The van der Waals surface area contributed by atoms with Gasteiger partial charge in [-0.15, -0.1) is 0 Å². The summed E-state index contributed by atoms with van der Waals surface area (Å²) >= 11 is 0. The van der Waals surface area contributed by atoms with E-state index in [9.17, 15) is 4.57 Å². The lowest BCUT2D eigenvalue weighted by Gasteiger charge is -1.87. The maximum Gasteiger partial charge on any atom is 0.120 e. The molecule has 0 radical (unpaired) electrons. The highest BCUT2D eigenvalue weighted by Crippen LogP contribution is 2.11. The number of hydrogen-bond donors (Lipinski definition) is 0. The summed E-state index contributed by atoms with van der Waals surface area (Å²) in [5.41, 5.74) is 0.727. The SMILES string of the molecule is Cc1nc([PH](C)=O)cn1C. The summed E-state index contributed by atoms with van der Waals surface area (Å²) < 4.78 is 12.8. The Morgan fingerprint density at radius 1 is 1.70 bits per heavy atom. The van der Waals surface area contributed by atoms with Crippen LogP contribution in [0.3, 0.4) is 0 Å². The molecule has 0 aliphatic carbocycles. The maximum absolute atomic E-state index is 10.9. The second-order valence-corrected chi connectivity index (χ2v) is 3.97. The molecule has 0 aromatic carbocycles. The van der Waals surface area contributed by atoms with Gasteiger partial charge in [0, 0.05) is 13.2 Å². The van der Waals surface area contributed by atoms with Crippen molar-refractivity contribution < 1.29 is 4.57 Å². The lowest BCUT2D eigenvalue weighted by atomic mass is 10.7. The summed E-state index contributed by atoms with van der Waals surface area (Å²) in [7, 11) is 0.304. The van der Waals surface area contributed by atoms with Gasteiger partial charge in [-0.1, -0.05) is 0 Å². The molecular weight excluding hydrogens is 147 g/mol. The van der Waals surface area contributed by atoms with Crippen molar-refractivity contribution in [3.05, 3.63) is 12.0 Å². The van der Waals surface area contributed by atoms with E-state index in [1.807, 2.05) is 24.7 Å². The number of aryl methyl sites for hydroxylation is 2. The Hall–Kier alpha value is -0.560. The Morgan fingerprint density at radius 3 is 2.50 bits per heavy atom. The molecule has 3 nitrogen and oxygen atoms in total. The van der Waals surface area contributed by atoms with E-state index in [0.29, 0.717) is 0 Å². The molecule has 0 fully saturated rings. The van der Waals surface area contributed by atoms with Gasteiger partial charge in [-0.25, -0.2) is 4.98 Å². The number of aromatic nitrogens is 2. The molecule has 56 valence electrons. The van der Waals surface area contributed by atoms with Gasteiger partial charge in [-0.2, -0.15) is 0 Å². The average Bonchev–Trinajstić information content (AvgIpc) is 2.13. The van der Waals surface area contributed by atoms with E-state index in [0.717, 1.165) is 11.3 Å². The molecule has 0 bridgehead atoms. The van der Waals surface area contributed by atoms with E-state index in [2.05, 4.69) is 4.98 Å². The van der Waals surface area contributed by atoms with Crippen LogP contribution in [0.2, 0.25) is 0 Å². The van der Waals surface area contributed by atoms with Crippen LogP contribution in [0.25, 0.3) is 0 Å². The molecule has 0 N–H and O–H groups in total. The third-order valence-corrected chi connectivity index (χ3v) is 2.43. The van der Waals surface area contributed by atoms with Crippen molar-refractivity contribution in [1.82, 2.24) is 9.55 Å². The van der Waals surface area contributed by atoms with Gasteiger partial charge in [0.25, 0.3) is 0 Å². The van der Waals surface area contributed by atoms with Crippen LogP contribution in [0.4, 0.5) is 0 Å². The number of nitrogens with zero attached hydrogens (tertiary/aromatic N) is 2. The predicted molar refractivity (Wildman–Crippen MR) is 42.5 cm³/mol. The van der Waals surface area contributed by atoms with E-state index in [4.69, 9.17) is 0 Å². The fraction of sp³-hybridized carbons (Fsp3) is 0.500. The zero-order chi connectivity index (χ0) is 7.72. The second kappa shape index (κ2) is 2.59. The predicted octanol–water partition coefficient (Wildman–Crippen LogP) is 0.543. The molecule has 1 atom stereocenters. The van der Waals surface area contributed by atoms with E-state index < -0.39 is 7.80 Å². The topological polar surface area (TPSA) is 34.9 Å². The Balaban J connectivity index is 3.10. The molecule has 1 heterocycles. The van der Waals surface area contributed by atoms with Crippen molar-refractivity contribution in [1.29, 1.82) is 0 Å². The van der Waals surface area contributed by atoms with Crippen LogP contribution in [-0.4, -0.2) is 16.2 Å². The summed E-state index contributed by atoms with van der Waals surface area (Å²) in [5.74, 6) is 0.912. The van der Waals surface area contributed by atoms with Crippen LogP contribution in [0.5, 0.6) is 0 Å². The molecule has 0 spiro atoms. The van der Waals surface area contributed by atoms with E-state index in [-0.39, 0.29) is 0 Å². The summed E-state index contributed by atoms with van der Waals surface area (Å²) in [6.45, 7) is 3.60. The Bertz CT molecular complexity index is 247. The zero-order valence-corrected chi connectivity index (χ0v) is 7.38. The Labute approximate surface area is 60.9 Å². The van der Waals surface area contributed by atoms with E-state index in [1.165, 1.54) is 0 Å². The van der Waals surface area contributed by atoms with Crippen molar-refractivity contribution >= 4 is 13.2 Å². The summed E-state index contributed by atoms with van der Waals surface area (Å²) in [6.07, 6.45) is 1.82. The van der Waals surface area contributed by atoms with Crippen LogP contribution in [0.15, 0.2) is 6.20 Å². The fourth-order valence-corrected chi connectivity index (χ4v) is 1.42. The summed E-state index contributed by atoms with van der Waals surface area (Å²) in [5, 5.41) is 0. The fourth-order valence-electron chi connectivity index (χ4n) is 0.729. The van der Waals surface area contributed by atoms with Crippen molar-refractivity contribution in [3.8, 4) is 0 Å². The van der Waals surface area contributed by atoms with Crippen LogP contribution >= 0.6 is 7.80 Å². The quantitative estimate of drug-likeness (QED) is 0.559. The van der Waals surface area contributed by atoms with Gasteiger partial charge >= 0.3 is 0 Å². The van der Waals surface area contributed by atoms with Gasteiger partial charge in [0.05, 0.1) is 0 Å². The highest BCUT2D eigenvalue weighted by atomic mass is 31.1. The van der Waals surface area contributed by atoms with Gasteiger partial charge in [0.1, 0.15) is 19.1 Å². The molecule has 1 unspecified atom stereocenters. The first kappa shape index (κ1) is 7.55. The van der Waals surface area contributed by atoms with Crippen molar-refractivity contribution in [2.24, 2.45) is 7.05 Å². The normalized spacial score (nSPS) is 13.5. The summed E-state index contributed by atoms with van der Waals surface area (Å²) in [6, 6.07) is 0. The van der Waals surface area contributed by atoms with Crippen LogP contribution < -0.4 is 5.44 Å². The first-order valence-corrected chi connectivity index (χ1v) is 5.03. The Kier molecular flexibility index (Phi) is 1.95. The van der Waals surface area contributed by atoms with Crippen molar-refractivity contribution in [2.75, 3.05) is 6.66 Å². The van der Waals surface area contributed by atoms with Crippen LogP contribution in [-0.2, 0) is 11.6 Å². The van der Waals surface area contributed by atoms with Crippen LogP contribution in [0, 0.1) is 6.92 Å². The molecule has 0 aliphatic heterocycles. The molecule has 1 aromatic rings. The molecule has 10 heavy (non-hydrogen) atoms. The van der Waals surface area contributed by atoms with Crippen molar-refractivity contribution in [2.45, 2.75) is 6.92 Å². The molecular formula is C6H11N2OP. The molecule has 1 rings (SSSR count). The third kappa shape index (κ3) is 1.29. The molecule has 0 saturated heterocycles. The van der Waals surface area contributed by atoms with E-state index >= 15 is 0 Å². The van der Waals surface area contributed by atoms with Crippen LogP contribution in [0.1, 0.15) is 5.82 Å². The van der Waals surface area contributed by atoms with Gasteiger partial charge < -0.3 is 9.13 Å². The van der Waals surface area contributed by atoms with Gasteiger partial charge in [-0.05, 0) is 13.6 Å². The zero-order valence-electron chi connectivity index (χ0n) is 6.38. The number of imidazole rings is 1. The standard InChI is InChI=1S/C6H11N2OP/c1-5-7-6(10(3)9)4-8(5)2/h4,10H,1-3H3. The lowest BCUT2D eigenvalue weighted by molar-refractivity contribution is 0.596. The van der Waals surface area contributed by atoms with Gasteiger partial charge in [-0.3, -0.25) is 0 Å². The molecule has 0 saturated carbocycles. The molecule has 0 amide bonds.